The maximum atomic E-state index is 8.40. The van der Waals surface area contributed by atoms with Gasteiger partial charge in [-0.1, -0.05) is 12.1 Å². The predicted molar refractivity (Wildman–Crippen MR) is 57.6 cm³/mol. The van der Waals surface area contributed by atoms with Crippen LogP contribution in [0.15, 0.2) is 23.4 Å². The third-order valence-corrected chi connectivity index (χ3v) is 2.87. The zero-order valence-corrected chi connectivity index (χ0v) is 8.64. The molecule has 0 amide bonds. The molecule has 0 saturated heterocycles. The van der Waals surface area contributed by atoms with E-state index in [0.717, 1.165) is 6.42 Å². The van der Waals surface area contributed by atoms with Crippen LogP contribution in [0, 0.1) is 0 Å². The summed E-state index contributed by atoms with van der Waals surface area (Å²) in [5, 5.41) is 11.5. The van der Waals surface area contributed by atoms with Crippen molar-refractivity contribution < 1.29 is 5.21 Å². The average molecular weight is 195 g/mol. The summed E-state index contributed by atoms with van der Waals surface area (Å²) in [6.45, 7) is 3.89. The van der Waals surface area contributed by atoms with Crippen molar-refractivity contribution in [2.75, 3.05) is 0 Å². The highest BCUT2D eigenvalue weighted by molar-refractivity contribution is 7.12. The fourth-order valence-corrected chi connectivity index (χ4v) is 1.77. The molecule has 0 atom stereocenters. The van der Waals surface area contributed by atoms with Crippen LogP contribution in [-0.4, -0.2) is 10.9 Å². The number of oxime groups is 1. The first kappa shape index (κ1) is 9.99. The molecule has 0 aliphatic heterocycles. The van der Waals surface area contributed by atoms with Gasteiger partial charge in [0, 0.05) is 9.75 Å². The van der Waals surface area contributed by atoms with Crippen molar-refractivity contribution in [2.45, 2.75) is 20.3 Å². The first-order valence-corrected chi connectivity index (χ1v) is 5.03. The zero-order chi connectivity index (χ0) is 9.68. The quantitative estimate of drug-likeness (QED) is 0.448. The second kappa shape index (κ2) is 4.82. The lowest BCUT2D eigenvalue weighted by atomic mass is 10.3. The molecule has 0 fully saturated rings. The van der Waals surface area contributed by atoms with E-state index in [9.17, 15) is 0 Å². The molecule has 70 valence electrons. The van der Waals surface area contributed by atoms with Crippen LogP contribution in [0.5, 0.6) is 0 Å². The van der Waals surface area contributed by atoms with Crippen LogP contribution in [0.3, 0.4) is 0 Å². The van der Waals surface area contributed by atoms with E-state index in [0.29, 0.717) is 5.71 Å². The van der Waals surface area contributed by atoms with Crippen molar-refractivity contribution in [3.8, 4) is 0 Å². The van der Waals surface area contributed by atoms with Crippen molar-refractivity contribution in [2.24, 2.45) is 5.16 Å². The summed E-state index contributed by atoms with van der Waals surface area (Å²) < 4.78 is 0. The Morgan fingerprint density at radius 2 is 2.38 bits per heavy atom. The number of aryl methyl sites for hydroxylation is 1. The Morgan fingerprint density at radius 3 is 2.92 bits per heavy atom. The topological polar surface area (TPSA) is 32.6 Å². The van der Waals surface area contributed by atoms with Gasteiger partial charge in [-0.15, -0.1) is 11.3 Å². The smallest absolute Gasteiger partial charge is 0.0765 e. The van der Waals surface area contributed by atoms with E-state index < -0.39 is 0 Å². The molecule has 2 nitrogen and oxygen atoms in total. The molecule has 0 spiro atoms. The van der Waals surface area contributed by atoms with Gasteiger partial charge in [0.15, 0.2) is 0 Å². The summed E-state index contributed by atoms with van der Waals surface area (Å²) in [6, 6.07) is 4.19. The second-order valence-electron chi connectivity index (χ2n) is 2.73. The molecule has 0 saturated carbocycles. The Bertz CT molecular complexity index is 325. The Hall–Kier alpha value is -1.09. The molecule has 13 heavy (non-hydrogen) atoms. The van der Waals surface area contributed by atoms with Gasteiger partial charge in [-0.2, -0.15) is 0 Å². The van der Waals surface area contributed by atoms with E-state index in [2.05, 4.69) is 24.2 Å². The lowest BCUT2D eigenvalue weighted by Crippen LogP contribution is -1.81. The van der Waals surface area contributed by atoms with E-state index in [1.165, 1.54) is 9.75 Å². The van der Waals surface area contributed by atoms with Gasteiger partial charge in [0.25, 0.3) is 0 Å². The number of rotatable bonds is 3. The summed E-state index contributed by atoms with van der Waals surface area (Å²) in [6.07, 6.45) is 4.83. The second-order valence-corrected chi connectivity index (χ2v) is 3.93. The Labute approximate surface area is 82.2 Å². The third-order valence-electron chi connectivity index (χ3n) is 1.68. The number of nitrogens with zero attached hydrogens (tertiary/aromatic N) is 1. The highest BCUT2D eigenvalue weighted by Gasteiger charge is 1.93. The van der Waals surface area contributed by atoms with Gasteiger partial charge >= 0.3 is 0 Å². The van der Waals surface area contributed by atoms with E-state index in [1.807, 2.05) is 6.08 Å². The van der Waals surface area contributed by atoms with E-state index in [-0.39, 0.29) is 0 Å². The van der Waals surface area contributed by atoms with Crippen LogP contribution in [-0.2, 0) is 6.42 Å². The molecule has 0 aliphatic rings. The van der Waals surface area contributed by atoms with Crippen LogP contribution in [0.4, 0.5) is 0 Å². The highest BCUT2D eigenvalue weighted by atomic mass is 32.1. The SMILES string of the molecule is CCc1ccc(C=CC(C)=NO)s1. The standard InChI is InChI=1S/C10H13NOS/c1-3-9-6-7-10(13-9)5-4-8(2)11-12/h4-7,12H,3H2,1-2H3. The molecule has 3 heteroatoms. The molecular weight excluding hydrogens is 182 g/mol. The Kier molecular flexibility index (Phi) is 3.71. The molecule has 1 aromatic rings. The Morgan fingerprint density at radius 1 is 1.62 bits per heavy atom. The lowest BCUT2D eigenvalue weighted by molar-refractivity contribution is 0.319. The first-order valence-electron chi connectivity index (χ1n) is 4.21. The maximum absolute atomic E-state index is 8.40. The van der Waals surface area contributed by atoms with Gasteiger partial charge in [0.1, 0.15) is 0 Å². The predicted octanol–water partition coefficient (Wildman–Crippen LogP) is 3.17. The van der Waals surface area contributed by atoms with Gasteiger partial charge in [-0.05, 0) is 37.6 Å². The molecule has 1 N–H and O–H groups in total. The fourth-order valence-electron chi connectivity index (χ4n) is 0.910. The summed E-state index contributed by atoms with van der Waals surface area (Å²) in [5.74, 6) is 0. The van der Waals surface area contributed by atoms with Gasteiger partial charge in [0.05, 0.1) is 5.71 Å². The van der Waals surface area contributed by atoms with Crippen molar-refractivity contribution in [3.63, 3.8) is 0 Å². The largest absolute Gasteiger partial charge is 0.411 e. The molecule has 1 aromatic heterocycles. The molecule has 0 bridgehead atoms. The van der Waals surface area contributed by atoms with E-state index >= 15 is 0 Å². The third kappa shape index (κ3) is 3.03. The monoisotopic (exact) mass is 195 g/mol. The van der Waals surface area contributed by atoms with Crippen LogP contribution in [0.25, 0.3) is 6.08 Å². The van der Waals surface area contributed by atoms with Gasteiger partial charge < -0.3 is 5.21 Å². The van der Waals surface area contributed by atoms with Crippen molar-refractivity contribution >= 4 is 23.1 Å². The van der Waals surface area contributed by atoms with E-state index in [1.54, 1.807) is 24.3 Å². The summed E-state index contributed by atoms with van der Waals surface area (Å²) in [4.78, 5) is 2.57. The molecular formula is C10H13NOS. The van der Waals surface area contributed by atoms with Gasteiger partial charge in [-0.3, -0.25) is 0 Å². The Balaban J connectivity index is 2.69. The molecule has 1 rings (SSSR count). The summed E-state index contributed by atoms with van der Waals surface area (Å²) in [5.41, 5.74) is 0.617. The summed E-state index contributed by atoms with van der Waals surface area (Å²) >= 11 is 1.76. The zero-order valence-electron chi connectivity index (χ0n) is 7.82. The number of thiophene rings is 1. The molecule has 0 radical (unpaired) electrons. The minimum absolute atomic E-state index is 0.617. The lowest BCUT2D eigenvalue weighted by Gasteiger charge is -1.85. The number of hydrogen-bond acceptors (Lipinski definition) is 3. The molecule has 0 aromatic carbocycles. The van der Waals surface area contributed by atoms with Crippen molar-refractivity contribution in [3.05, 3.63) is 28.0 Å². The summed E-state index contributed by atoms with van der Waals surface area (Å²) in [7, 11) is 0. The molecule has 0 aliphatic carbocycles. The van der Waals surface area contributed by atoms with Crippen molar-refractivity contribution in [1.82, 2.24) is 0 Å². The minimum Gasteiger partial charge on any atom is -0.411 e. The molecule has 0 unspecified atom stereocenters. The van der Waals surface area contributed by atoms with Crippen molar-refractivity contribution in [1.29, 1.82) is 0 Å². The molecule has 1 heterocycles. The van der Waals surface area contributed by atoms with Gasteiger partial charge in [-0.25, -0.2) is 0 Å². The van der Waals surface area contributed by atoms with E-state index in [4.69, 9.17) is 5.21 Å². The van der Waals surface area contributed by atoms with Crippen LogP contribution in [0.1, 0.15) is 23.6 Å². The number of allylic oxidation sites excluding steroid dienone is 1. The van der Waals surface area contributed by atoms with Crippen LogP contribution < -0.4 is 0 Å². The van der Waals surface area contributed by atoms with Gasteiger partial charge in [0.2, 0.25) is 0 Å². The minimum atomic E-state index is 0.617. The number of hydrogen-bond donors (Lipinski definition) is 1. The average Bonchev–Trinajstić information content (AvgIpc) is 2.61. The maximum Gasteiger partial charge on any atom is 0.0765 e. The van der Waals surface area contributed by atoms with Crippen LogP contribution in [0.2, 0.25) is 0 Å². The normalized spacial score (nSPS) is 12.6. The fraction of sp³-hybridized carbons (Fsp3) is 0.300. The van der Waals surface area contributed by atoms with Crippen LogP contribution >= 0.6 is 11.3 Å². The first-order chi connectivity index (χ1) is 6.26. The highest BCUT2D eigenvalue weighted by Crippen LogP contribution is 2.18.